The number of hydrogen-bond donors (Lipinski definition) is 0. The molecule has 0 fully saturated rings. The van der Waals surface area contributed by atoms with Crippen molar-refractivity contribution < 1.29 is 4.39 Å². The number of allylic oxidation sites excluding steroid dienone is 2. The zero-order chi connectivity index (χ0) is 20.5. The van der Waals surface area contributed by atoms with Crippen LogP contribution in [0, 0.1) is 5.82 Å². The molecule has 0 bridgehead atoms. The Morgan fingerprint density at radius 1 is 0.862 bits per heavy atom. The molecule has 0 radical (unpaired) electrons. The summed E-state index contributed by atoms with van der Waals surface area (Å²) < 4.78 is 14.4. The first-order valence-electron chi connectivity index (χ1n) is 10.3. The predicted octanol–water partition coefficient (Wildman–Crippen LogP) is 7.70. The third kappa shape index (κ3) is 5.99. The van der Waals surface area contributed by atoms with Gasteiger partial charge < -0.3 is 0 Å². The van der Waals surface area contributed by atoms with Crippen LogP contribution in [0.4, 0.5) is 10.1 Å². The summed E-state index contributed by atoms with van der Waals surface area (Å²) in [5, 5.41) is 0. The lowest BCUT2D eigenvalue weighted by molar-refractivity contribution is 0.628. The van der Waals surface area contributed by atoms with Gasteiger partial charge in [-0.25, -0.2) is 4.39 Å². The molecule has 0 aliphatic carbocycles. The summed E-state index contributed by atoms with van der Waals surface area (Å²) in [5.41, 5.74) is 5.80. The van der Waals surface area contributed by atoms with Crippen molar-refractivity contribution in [1.82, 2.24) is 0 Å². The number of rotatable bonds is 8. The van der Waals surface area contributed by atoms with Crippen LogP contribution in [0.15, 0.2) is 83.9 Å². The van der Waals surface area contributed by atoms with E-state index in [2.05, 4.69) is 48.3 Å². The van der Waals surface area contributed by atoms with E-state index < -0.39 is 0 Å². The molecule has 0 amide bonds. The summed E-state index contributed by atoms with van der Waals surface area (Å²) in [5.74, 6) is -0.165. The van der Waals surface area contributed by atoms with Crippen molar-refractivity contribution in [2.24, 2.45) is 4.99 Å². The molecule has 0 atom stereocenters. The fourth-order valence-electron chi connectivity index (χ4n) is 3.30. The highest BCUT2D eigenvalue weighted by atomic mass is 19.1. The molecule has 3 aromatic rings. The fraction of sp³-hybridized carbons (Fsp3) is 0.222. The molecule has 3 rings (SSSR count). The van der Waals surface area contributed by atoms with Gasteiger partial charge in [0.2, 0.25) is 0 Å². The first-order valence-corrected chi connectivity index (χ1v) is 10.3. The molecule has 0 saturated carbocycles. The van der Waals surface area contributed by atoms with Crippen LogP contribution >= 0.6 is 0 Å². The van der Waals surface area contributed by atoms with E-state index in [4.69, 9.17) is 0 Å². The first kappa shape index (κ1) is 20.7. The maximum absolute atomic E-state index is 14.4. The van der Waals surface area contributed by atoms with Crippen LogP contribution in [0.3, 0.4) is 0 Å². The molecule has 0 aliphatic heterocycles. The monoisotopic (exact) mass is 385 g/mol. The third-order valence-electron chi connectivity index (χ3n) is 4.93. The van der Waals surface area contributed by atoms with Gasteiger partial charge in [0.05, 0.1) is 5.69 Å². The molecule has 0 unspecified atom stereocenters. The Hall–Kier alpha value is -3.00. The van der Waals surface area contributed by atoms with Crippen molar-refractivity contribution in [1.29, 1.82) is 0 Å². The van der Waals surface area contributed by atoms with Crippen LogP contribution in [0.1, 0.15) is 43.4 Å². The van der Waals surface area contributed by atoms with Crippen molar-refractivity contribution in [2.75, 3.05) is 0 Å². The Balaban J connectivity index is 1.66. The van der Waals surface area contributed by atoms with Gasteiger partial charge in [-0.2, -0.15) is 0 Å². The van der Waals surface area contributed by atoms with Crippen LogP contribution < -0.4 is 0 Å². The van der Waals surface area contributed by atoms with Gasteiger partial charge >= 0.3 is 0 Å². The number of halogens is 1. The van der Waals surface area contributed by atoms with Crippen LogP contribution in [0.25, 0.3) is 11.1 Å². The minimum absolute atomic E-state index is 0.165. The summed E-state index contributed by atoms with van der Waals surface area (Å²) in [6.45, 7) is 4.15. The van der Waals surface area contributed by atoms with E-state index in [1.165, 1.54) is 5.56 Å². The number of benzene rings is 3. The minimum Gasteiger partial charge on any atom is -0.256 e. The van der Waals surface area contributed by atoms with Gasteiger partial charge in [0.25, 0.3) is 0 Å². The van der Waals surface area contributed by atoms with Gasteiger partial charge in [-0.05, 0) is 66.6 Å². The number of aliphatic imine (C=N–C) groups is 1. The van der Waals surface area contributed by atoms with E-state index in [-0.39, 0.29) is 5.82 Å². The van der Waals surface area contributed by atoms with Crippen molar-refractivity contribution in [3.05, 3.63) is 101 Å². The third-order valence-corrected chi connectivity index (χ3v) is 4.93. The van der Waals surface area contributed by atoms with Gasteiger partial charge in [0.1, 0.15) is 5.82 Å². The summed E-state index contributed by atoms with van der Waals surface area (Å²) in [4.78, 5) is 4.55. The largest absolute Gasteiger partial charge is 0.256 e. The Morgan fingerprint density at radius 2 is 1.59 bits per heavy atom. The Bertz CT molecular complexity index is 966. The molecule has 0 spiro atoms. The summed E-state index contributed by atoms with van der Waals surface area (Å²) >= 11 is 0. The van der Waals surface area contributed by atoms with E-state index in [1.807, 2.05) is 49.5 Å². The molecular weight excluding hydrogens is 357 g/mol. The Labute approximate surface area is 173 Å². The second-order valence-corrected chi connectivity index (χ2v) is 7.22. The lowest BCUT2D eigenvalue weighted by Gasteiger charge is -2.06. The molecule has 0 aliphatic rings. The second-order valence-electron chi connectivity index (χ2n) is 7.22. The van der Waals surface area contributed by atoms with Gasteiger partial charge in [0, 0.05) is 11.8 Å². The van der Waals surface area contributed by atoms with Crippen molar-refractivity contribution in [2.45, 2.75) is 39.5 Å². The number of nitrogens with zero attached hydrogens (tertiary/aromatic N) is 1. The average molecular weight is 386 g/mol. The number of aryl methyl sites for hydroxylation is 2. The highest BCUT2D eigenvalue weighted by Gasteiger charge is 2.06. The smallest absolute Gasteiger partial charge is 0.131 e. The normalized spacial score (nSPS) is 11.6. The van der Waals surface area contributed by atoms with Crippen LogP contribution in [-0.4, -0.2) is 6.21 Å². The molecular formula is C27H28FN. The van der Waals surface area contributed by atoms with Crippen LogP contribution in [0.5, 0.6) is 0 Å². The van der Waals surface area contributed by atoms with Crippen molar-refractivity contribution in [3.63, 3.8) is 0 Å². The van der Waals surface area contributed by atoms with Crippen molar-refractivity contribution in [3.8, 4) is 11.1 Å². The minimum atomic E-state index is -0.165. The molecule has 29 heavy (non-hydrogen) atoms. The van der Waals surface area contributed by atoms with E-state index in [9.17, 15) is 4.39 Å². The maximum atomic E-state index is 14.4. The zero-order valence-corrected chi connectivity index (χ0v) is 17.2. The standard InChI is InChI=1S/C27H28FN/c1-3-5-6-8-21-9-11-23(12-10-21)20-29-25-16-14-24(15-17-25)26-18-13-22(7-4-2)19-27(26)28/h3,5,9-20H,4,6-8H2,1-2H3/b5-3+,29-20?. The summed E-state index contributed by atoms with van der Waals surface area (Å²) in [6, 6.07) is 21.7. The molecule has 0 aromatic heterocycles. The number of hydrogen-bond acceptors (Lipinski definition) is 1. The Morgan fingerprint density at radius 3 is 2.24 bits per heavy atom. The van der Waals surface area contributed by atoms with E-state index >= 15 is 0 Å². The van der Waals surface area contributed by atoms with E-state index in [0.29, 0.717) is 5.56 Å². The van der Waals surface area contributed by atoms with Gasteiger partial charge in [0.15, 0.2) is 0 Å². The highest BCUT2D eigenvalue weighted by molar-refractivity contribution is 5.82. The average Bonchev–Trinajstić information content (AvgIpc) is 2.74. The zero-order valence-electron chi connectivity index (χ0n) is 17.2. The molecule has 148 valence electrons. The topological polar surface area (TPSA) is 12.4 Å². The summed E-state index contributed by atoms with van der Waals surface area (Å²) in [6.07, 6.45) is 10.2. The molecule has 0 saturated heterocycles. The fourth-order valence-corrected chi connectivity index (χ4v) is 3.30. The summed E-state index contributed by atoms with van der Waals surface area (Å²) in [7, 11) is 0. The molecule has 0 heterocycles. The van der Waals surface area contributed by atoms with Crippen LogP contribution in [-0.2, 0) is 12.8 Å². The Kier molecular flexibility index (Phi) is 7.52. The second kappa shape index (κ2) is 10.5. The van der Waals surface area contributed by atoms with Crippen molar-refractivity contribution >= 4 is 11.9 Å². The lowest BCUT2D eigenvalue weighted by atomic mass is 10.0. The maximum Gasteiger partial charge on any atom is 0.131 e. The van der Waals surface area contributed by atoms with Crippen LogP contribution in [0.2, 0.25) is 0 Å². The predicted molar refractivity (Wildman–Crippen MR) is 123 cm³/mol. The first-order chi connectivity index (χ1) is 14.2. The molecule has 2 heteroatoms. The van der Waals surface area contributed by atoms with Gasteiger partial charge in [-0.3, -0.25) is 4.99 Å². The van der Waals surface area contributed by atoms with Gasteiger partial charge in [-0.1, -0.05) is 74.0 Å². The van der Waals surface area contributed by atoms with E-state index in [0.717, 1.165) is 48.1 Å². The quantitative estimate of drug-likeness (QED) is 0.278. The van der Waals surface area contributed by atoms with E-state index in [1.54, 1.807) is 6.07 Å². The molecule has 0 N–H and O–H groups in total. The van der Waals surface area contributed by atoms with Gasteiger partial charge in [-0.15, -0.1) is 0 Å². The lowest BCUT2D eigenvalue weighted by Crippen LogP contribution is -1.89. The molecule has 1 nitrogen and oxygen atoms in total. The highest BCUT2D eigenvalue weighted by Crippen LogP contribution is 2.26. The molecule has 3 aromatic carbocycles. The SMILES string of the molecule is C/C=C/CCc1ccc(C=Nc2ccc(-c3ccc(CCC)cc3F)cc2)cc1.